The lowest BCUT2D eigenvalue weighted by atomic mass is 10.1. The van der Waals surface area contributed by atoms with Crippen molar-refractivity contribution < 1.29 is 18.1 Å². The zero-order valence-electron chi connectivity index (χ0n) is 15.2. The molecule has 9 heteroatoms. The molecule has 0 heterocycles. The van der Waals surface area contributed by atoms with E-state index in [2.05, 4.69) is 5.32 Å². The Labute approximate surface area is 158 Å². The number of sulfonamides is 1. The Bertz CT molecular complexity index is 959. The van der Waals surface area contributed by atoms with Crippen molar-refractivity contribution in [3.63, 3.8) is 0 Å². The van der Waals surface area contributed by atoms with E-state index < -0.39 is 26.9 Å². The second-order valence-corrected chi connectivity index (χ2v) is 8.02. The summed E-state index contributed by atoms with van der Waals surface area (Å²) in [5.74, 6) is -0.504. The Morgan fingerprint density at radius 3 is 2.48 bits per heavy atom. The first kappa shape index (κ1) is 20.4. The van der Waals surface area contributed by atoms with Gasteiger partial charge in [-0.1, -0.05) is 30.3 Å². The summed E-state index contributed by atoms with van der Waals surface area (Å²) in [5.41, 5.74) is 1.72. The second kappa shape index (κ2) is 8.17. The fourth-order valence-corrected chi connectivity index (χ4v) is 3.86. The van der Waals surface area contributed by atoms with Gasteiger partial charge in [-0.3, -0.25) is 19.2 Å². The summed E-state index contributed by atoms with van der Waals surface area (Å²) in [5, 5.41) is 13.7. The molecular formula is C18H21N3O5S. The lowest BCUT2D eigenvalue weighted by molar-refractivity contribution is -0.384. The quantitative estimate of drug-likeness (QED) is 0.576. The highest BCUT2D eigenvalue weighted by Gasteiger charge is 2.30. The van der Waals surface area contributed by atoms with E-state index in [1.807, 2.05) is 31.2 Å². The van der Waals surface area contributed by atoms with Gasteiger partial charge < -0.3 is 5.32 Å². The van der Waals surface area contributed by atoms with Crippen LogP contribution in [0, 0.1) is 17.0 Å². The van der Waals surface area contributed by atoms with Gasteiger partial charge in [0, 0.05) is 18.7 Å². The molecule has 1 amide bonds. The SMILES string of the molecule is Cc1ccccc1CNC(=O)[C@H](C)N(c1cccc([N+](=O)[O-])c1)S(C)(=O)=O. The highest BCUT2D eigenvalue weighted by atomic mass is 32.2. The average molecular weight is 391 g/mol. The van der Waals surface area contributed by atoms with E-state index in [1.165, 1.54) is 25.1 Å². The minimum absolute atomic E-state index is 0.0604. The number of carbonyl (C=O) groups excluding carboxylic acids is 1. The zero-order valence-corrected chi connectivity index (χ0v) is 16.1. The van der Waals surface area contributed by atoms with Gasteiger partial charge >= 0.3 is 0 Å². The summed E-state index contributed by atoms with van der Waals surface area (Å²) in [4.78, 5) is 22.9. The number of hydrogen-bond donors (Lipinski definition) is 1. The monoisotopic (exact) mass is 391 g/mol. The predicted octanol–water partition coefficient (Wildman–Crippen LogP) is 2.37. The van der Waals surface area contributed by atoms with Crippen LogP contribution in [0.5, 0.6) is 0 Å². The third-order valence-electron chi connectivity index (χ3n) is 4.10. The number of benzene rings is 2. The first-order valence-electron chi connectivity index (χ1n) is 8.17. The van der Waals surface area contributed by atoms with Crippen LogP contribution in [0.1, 0.15) is 18.1 Å². The third-order valence-corrected chi connectivity index (χ3v) is 5.34. The number of aryl methyl sites for hydroxylation is 1. The molecule has 0 aliphatic heterocycles. The van der Waals surface area contributed by atoms with E-state index in [1.54, 1.807) is 0 Å². The molecule has 0 saturated heterocycles. The van der Waals surface area contributed by atoms with E-state index in [-0.39, 0.29) is 17.9 Å². The van der Waals surface area contributed by atoms with Crippen LogP contribution in [-0.2, 0) is 21.4 Å². The maximum absolute atomic E-state index is 12.6. The molecule has 0 saturated carbocycles. The van der Waals surface area contributed by atoms with E-state index in [0.717, 1.165) is 27.8 Å². The number of rotatable bonds is 7. The van der Waals surface area contributed by atoms with Crippen LogP contribution < -0.4 is 9.62 Å². The van der Waals surface area contributed by atoms with E-state index in [9.17, 15) is 23.3 Å². The van der Waals surface area contributed by atoms with Crippen LogP contribution in [0.25, 0.3) is 0 Å². The number of nitrogens with one attached hydrogen (secondary N) is 1. The number of nitrogens with zero attached hydrogens (tertiary/aromatic N) is 2. The van der Waals surface area contributed by atoms with Gasteiger partial charge in [0.25, 0.3) is 5.69 Å². The number of carbonyl (C=O) groups is 1. The predicted molar refractivity (Wildman–Crippen MR) is 103 cm³/mol. The van der Waals surface area contributed by atoms with Crippen molar-refractivity contribution in [1.29, 1.82) is 0 Å². The van der Waals surface area contributed by atoms with Crippen molar-refractivity contribution in [2.75, 3.05) is 10.6 Å². The number of nitro benzene ring substituents is 1. The van der Waals surface area contributed by atoms with Crippen LogP contribution in [-0.4, -0.2) is 31.5 Å². The van der Waals surface area contributed by atoms with E-state index >= 15 is 0 Å². The summed E-state index contributed by atoms with van der Waals surface area (Å²) in [6.45, 7) is 3.60. The van der Waals surface area contributed by atoms with Gasteiger partial charge in [-0.2, -0.15) is 0 Å². The van der Waals surface area contributed by atoms with Gasteiger partial charge in [0.15, 0.2) is 0 Å². The topological polar surface area (TPSA) is 110 Å². The molecule has 1 atom stereocenters. The molecule has 0 unspecified atom stereocenters. The lowest BCUT2D eigenvalue weighted by Gasteiger charge is -2.28. The molecule has 2 rings (SSSR count). The first-order chi connectivity index (χ1) is 12.6. The van der Waals surface area contributed by atoms with E-state index in [4.69, 9.17) is 0 Å². The molecule has 0 aliphatic rings. The van der Waals surface area contributed by atoms with Gasteiger partial charge in [-0.15, -0.1) is 0 Å². The number of anilines is 1. The molecule has 0 radical (unpaired) electrons. The van der Waals surface area contributed by atoms with Crippen LogP contribution in [0.4, 0.5) is 11.4 Å². The summed E-state index contributed by atoms with van der Waals surface area (Å²) >= 11 is 0. The van der Waals surface area contributed by atoms with Crippen LogP contribution in [0.2, 0.25) is 0 Å². The molecule has 8 nitrogen and oxygen atoms in total. The zero-order chi connectivity index (χ0) is 20.2. The smallest absolute Gasteiger partial charge is 0.271 e. The molecule has 27 heavy (non-hydrogen) atoms. The maximum atomic E-state index is 12.6. The number of amides is 1. The van der Waals surface area contributed by atoms with Crippen molar-refractivity contribution >= 4 is 27.3 Å². The molecule has 0 bridgehead atoms. The minimum atomic E-state index is -3.85. The molecule has 0 aliphatic carbocycles. The molecule has 2 aromatic rings. The molecule has 0 fully saturated rings. The number of hydrogen-bond acceptors (Lipinski definition) is 5. The van der Waals surface area contributed by atoms with Crippen LogP contribution in [0.15, 0.2) is 48.5 Å². The van der Waals surface area contributed by atoms with Crippen molar-refractivity contribution in [2.45, 2.75) is 26.4 Å². The molecule has 0 spiro atoms. The Kier molecular flexibility index (Phi) is 6.17. The second-order valence-electron chi connectivity index (χ2n) is 6.16. The van der Waals surface area contributed by atoms with Gasteiger partial charge in [-0.25, -0.2) is 8.42 Å². The van der Waals surface area contributed by atoms with Crippen molar-refractivity contribution in [1.82, 2.24) is 5.32 Å². The minimum Gasteiger partial charge on any atom is -0.350 e. The van der Waals surface area contributed by atoms with Crippen LogP contribution >= 0.6 is 0 Å². The molecule has 144 valence electrons. The Balaban J connectivity index is 2.26. The molecule has 2 aromatic carbocycles. The summed E-state index contributed by atoms with van der Waals surface area (Å²) in [6.07, 6.45) is 0.955. The molecular weight excluding hydrogens is 370 g/mol. The highest BCUT2D eigenvalue weighted by Crippen LogP contribution is 2.25. The van der Waals surface area contributed by atoms with Crippen molar-refractivity contribution in [3.05, 3.63) is 69.8 Å². The third kappa shape index (κ3) is 5.04. The summed E-state index contributed by atoms with van der Waals surface area (Å²) in [6, 6.07) is 11.6. The van der Waals surface area contributed by atoms with Gasteiger partial charge in [0.2, 0.25) is 15.9 Å². The van der Waals surface area contributed by atoms with Gasteiger partial charge in [-0.05, 0) is 31.0 Å². The Hall–Kier alpha value is -2.94. The van der Waals surface area contributed by atoms with Crippen molar-refractivity contribution in [3.8, 4) is 0 Å². The molecule has 1 N–H and O–H groups in total. The molecule has 0 aromatic heterocycles. The fraction of sp³-hybridized carbons (Fsp3) is 0.278. The normalized spacial score (nSPS) is 12.3. The van der Waals surface area contributed by atoms with E-state index in [0.29, 0.717) is 0 Å². The van der Waals surface area contributed by atoms with Gasteiger partial charge in [0.1, 0.15) is 6.04 Å². The number of non-ortho nitro benzene ring substituents is 1. The summed E-state index contributed by atoms with van der Waals surface area (Å²) < 4.78 is 25.4. The van der Waals surface area contributed by atoms with Gasteiger partial charge in [0.05, 0.1) is 16.9 Å². The summed E-state index contributed by atoms with van der Waals surface area (Å²) in [7, 11) is -3.85. The number of nitro groups is 1. The maximum Gasteiger partial charge on any atom is 0.271 e. The Morgan fingerprint density at radius 2 is 1.89 bits per heavy atom. The average Bonchev–Trinajstić information content (AvgIpc) is 2.60. The Morgan fingerprint density at radius 1 is 1.22 bits per heavy atom. The largest absolute Gasteiger partial charge is 0.350 e. The van der Waals surface area contributed by atoms with Crippen LogP contribution in [0.3, 0.4) is 0 Å². The fourth-order valence-electron chi connectivity index (χ4n) is 2.69. The lowest BCUT2D eigenvalue weighted by Crippen LogP contribution is -2.47. The van der Waals surface area contributed by atoms with Crippen molar-refractivity contribution in [2.24, 2.45) is 0 Å². The standard InChI is InChI=1S/C18H21N3O5S/c1-13-7-4-5-8-15(13)12-19-18(22)14(2)20(27(3,25)26)16-9-6-10-17(11-16)21(23)24/h4-11,14H,12H2,1-3H3,(H,19,22)/t14-/m0/s1. The highest BCUT2D eigenvalue weighted by molar-refractivity contribution is 7.92. The first-order valence-corrected chi connectivity index (χ1v) is 10.0.